The molecule has 1 aromatic rings. The molecule has 0 bridgehead atoms. The monoisotopic (exact) mass is 322 g/mol. The van der Waals surface area contributed by atoms with Gasteiger partial charge in [0.25, 0.3) is 0 Å². The quantitative estimate of drug-likeness (QED) is 0.585. The van der Waals surface area contributed by atoms with Crippen molar-refractivity contribution in [1.29, 1.82) is 0 Å². The van der Waals surface area contributed by atoms with Gasteiger partial charge in [0, 0.05) is 11.1 Å². The number of alkyl halides is 1. The van der Waals surface area contributed by atoms with Gasteiger partial charge in [0.1, 0.15) is 5.75 Å². The molecule has 0 N–H and O–H groups in total. The molecule has 0 aliphatic heterocycles. The van der Waals surface area contributed by atoms with Crippen LogP contribution in [0.1, 0.15) is 38.6 Å². The second-order valence-electron chi connectivity index (χ2n) is 5.48. The normalized spacial score (nSPS) is 13.4. The largest absolute Gasteiger partial charge is 0.495 e. The SMILES string of the molecule is COc1cc(Cl)c(C(Cl)C(C(C)C)C(C)C)cc1Cl. The van der Waals surface area contributed by atoms with Crippen LogP contribution in [0.3, 0.4) is 0 Å². The highest BCUT2D eigenvalue weighted by Crippen LogP contribution is 2.43. The van der Waals surface area contributed by atoms with E-state index in [-0.39, 0.29) is 5.38 Å². The lowest BCUT2D eigenvalue weighted by atomic mass is 9.80. The molecule has 0 amide bonds. The highest BCUT2D eigenvalue weighted by molar-refractivity contribution is 6.35. The van der Waals surface area contributed by atoms with E-state index >= 15 is 0 Å². The van der Waals surface area contributed by atoms with Gasteiger partial charge in [-0.2, -0.15) is 0 Å². The van der Waals surface area contributed by atoms with Gasteiger partial charge >= 0.3 is 0 Å². The van der Waals surface area contributed by atoms with E-state index in [9.17, 15) is 0 Å². The van der Waals surface area contributed by atoms with Crippen LogP contribution in [0.4, 0.5) is 0 Å². The Morgan fingerprint density at radius 3 is 1.89 bits per heavy atom. The number of hydrogen-bond acceptors (Lipinski definition) is 1. The van der Waals surface area contributed by atoms with Gasteiger partial charge in [-0.15, -0.1) is 11.6 Å². The molecule has 0 aliphatic carbocycles. The Morgan fingerprint density at radius 2 is 1.47 bits per heavy atom. The fourth-order valence-electron chi connectivity index (χ4n) is 2.56. The van der Waals surface area contributed by atoms with Gasteiger partial charge < -0.3 is 4.74 Å². The van der Waals surface area contributed by atoms with Crippen molar-refractivity contribution in [3.8, 4) is 5.75 Å². The number of benzene rings is 1. The van der Waals surface area contributed by atoms with Crippen LogP contribution in [-0.4, -0.2) is 7.11 Å². The van der Waals surface area contributed by atoms with E-state index in [4.69, 9.17) is 39.5 Å². The molecule has 0 saturated carbocycles. The van der Waals surface area contributed by atoms with Crippen LogP contribution in [0, 0.1) is 17.8 Å². The van der Waals surface area contributed by atoms with Crippen LogP contribution < -0.4 is 4.74 Å². The van der Waals surface area contributed by atoms with Gasteiger partial charge in [0.2, 0.25) is 0 Å². The van der Waals surface area contributed by atoms with Gasteiger partial charge in [-0.1, -0.05) is 50.9 Å². The lowest BCUT2D eigenvalue weighted by molar-refractivity contribution is 0.278. The topological polar surface area (TPSA) is 9.23 Å². The molecule has 0 fully saturated rings. The third-order valence-electron chi connectivity index (χ3n) is 3.45. The summed E-state index contributed by atoms with van der Waals surface area (Å²) in [5, 5.41) is 0.988. The standard InChI is InChI=1S/C15H21Cl3O/c1-8(2)14(9(3)4)15(18)10-6-12(17)13(19-5)7-11(10)16/h6-9,14-15H,1-5H3. The second-order valence-corrected chi connectivity index (χ2v) is 6.76. The lowest BCUT2D eigenvalue weighted by Gasteiger charge is -2.30. The van der Waals surface area contributed by atoms with Gasteiger partial charge in [0.05, 0.1) is 17.5 Å². The predicted octanol–water partition coefficient (Wildman–Crippen LogP) is 6.21. The Labute approximate surface area is 131 Å². The molecule has 0 aromatic heterocycles. The Kier molecular flexibility index (Phi) is 6.29. The Balaban J connectivity index is 3.18. The van der Waals surface area contributed by atoms with Gasteiger partial charge in [-0.05, 0) is 29.4 Å². The molecule has 1 unspecified atom stereocenters. The van der Waals surface area contributed by atoms with E-state index in [2.05, 4.69) is 27.7 Å². The maximum absolute atomic E-state index is 6.65. The van der Waals surface area contributed by atoms with Crippen LogP contribution in [0.5, 0.6) is 5.75 Å². The second kappa shape index (κ2) is 7.06. The van der Waals surface area contributed by atoms with Crippen molar-refractivity contribution in [1.82, 2.24) is 0 Å². The van der Waals surface area contributed by atoms with E-state index in [0.29, 0.717) is 33.5 Å². The molecule has 1 rings (SSSR count). The molecule has 0 radical (unpaired) electrons. The molecule has 0 saturated heterocycles. The Hall–Kier alpha value is -0.110. The van der Waals surface area contributed by atoms with Crippen molar-refractivity contribution in [3.05, 3.63) is 27.7 Å². The predicted molar refractivity (Wildman–Crippen MR) is 84.8 cm³/mol. The summed E-state index contributed by atoms with van der Waals surface area (Å²) in [7, 11) is 1.57. The van der Waals surface area contributed by atoms with E-state index in [1.54, 1.807) is 13.2 Å². The molecular formula is C15H21Cl3O. The highest BCUT2D eigenvalue weighted by atomic mass is 35.5. The first-order valence-corrected chi connectivity index (χ1v) is 7.65. The summed E-state index contributed by atoms with van der Waals surface area (Å²) >= 11 is 19.1. The molecule has 19 heavy (non-hydrogen) atoms. The van der Waals surface area contributed by atoms with Gasteiger partial charge in [-0.3, -0.25) is 0 Å². The molecule has 108 valence electrons. The maximum atomic E-state index is 6.65. The van der Waals surface area contributed by atoms with Gasteiger partial charge in [-0.25, -0.2) is 0 Å². The molecule has 0 spiro atoms. The van der Waals surface area contributed by atoms with Crippen LogP contribution in [0.2, 0.25) is 10.0 Å². The molecule has 4 heteroatoms. The van der Waals surface area contributed by atoms with Crippen LogP contribution in [0.15, 0.2) is 12.1 Å². The zero-order chi connectivity index (χ0) is 14.7. The summed E-state index contributed by atoms with van der Waals surface area (Å²) in [5.41, 5.74) is 0.876. The summed E-state index contributed by atoms with van der Waals surface area (Å²) < 4.78 is 5.16. The lowest BCUT2D eigenvalue weighted by Crippen LogP contribution is -2.21. The van der Waals surface area contributed by atoms with Crippen molar-refractivity contribution in [2.24, 2.45) is 17.8 Å². The Morgan fingerprint density at radius 1 is 0.947 bits per heavy atom. The summed E-state index contributed by atoms with van der Waals surface area (Å²) in [5.74, 6) is 1.85. The zero-order valence-electron chi connectivity index (χ0n) is 12.0. The molecule has 0 aliphatic rings. The van der Waals surface area contributed by atoms with Crippen LogP contribution in [-0.2, 0) is 0 Å². The Bertz CT molecular complexity index is 422. The van der Waals surface area contributed by atoms with Crippen molar-refractivity contribution in [2.75, 3.05) is 7.11 Å². The third kappa shape index (κ3) is 3.93. The number of hydrogen-bond donors (Lipinski definition) is 0. The highest BCUT2D eigenvalue weighted by Gasteiger charge is 2.29. The van der Waals surface area contributed by atoms with Crippen molar-refractivity contribution < 1.29 is 4.74 Å². The first-order valence-electron chi connectivity index (χ1n) is 6.46. The number of halogens is 3. The zero-order valence-corrected chi connectivity index (χ0v) is 14.3. The maximum Gasteiger partial charge on any atom is 0.138 e. The summed E-state index contributed by atoms with van der Waals surface area (Å²) in [4.78, 5) is 0. The van der Waals surface area contributed by atoms with Crippen molar-refractivity contribution in [3.63, 3.8) is 0 Å². The molecule has 1 nitrogen and oxygen atoms in total. The fourth-order valence-corrected chi connectivity index (χ4v) is 3.90. The van der Waals surface area contributed by atoms with E-state index < -0.39 is 0 Å². The molecule has 0 heterocycles. The molecular weight excluding hydrogens is 303 g/mol. The van der Waals surface area contributed by atoms with Crippen molar-refractivity contribution >= 4 is 34.8 Å². The third-order valence-corrected chi connectivity index (χ3v) is 4.59. The minimum Gasteiger partial charge on any atom is -0.495 e. The summed E-state index contributed by atoms with van der Waals surface area (Å²) in [6, 6.07) is 3.55. The van der Waals surface area contributed by atoms with E-state index in [1.807, 2.05) is 6.07 Å². The first kappa shape index (κ1) is 16.9. The molecule has 1 aromatic carbocycles. The molecule has 1 atom stereocenters. The number of rotatable bonds is 5. The van der Waals surface area contributed by atoms with Crippen LogP contribution >= 0.6 is 34.8 Å². The first-order chi connectivity index (χ1) is 8.79. The fraction of sp³-hybridized carbons (Fsp3) is 0.600. The van der Waals surface area contributed by atoms with E-state index in [0.717, 1.165) is 5.56 Å². The number of methoxy groups -OCH3 is 1. The van der Waals surface area contributed by atoms with E-state index in [1.165, 1.54) is 0 Å². The minimum atomic E-state index is -0.157. The summed E-state index contributed by atoms with van der Waals surface area (Å²) in [6.45, 7) is 8.72. The number of ether oxygens (including phenoxy) is 1. The average molecular weight is 324 g/mol. The summed E-state index contributed by atoms with van der Waals surface area (Å²) in [6.07, 6.45) is 0. The van der Waals surface area contributed by atoms with Crippen LogP contribution in [0.25, 0.3) is 0 Å². The minimum absolute atomic E-state index is 0.157. The average Bonchev–Trinajstić information content (AvgIpc) is 2.30. The smallest absolute Gasteiger partial charge is 0.138 e. The van der Waals surface area contributed by atoms with Crippen molar-refractivity contribution in [2.45, 2.75) is 33.1 Å². The van der Waals surface area contributed by atoms with Gasteiger partial charge in [0.15, 0.2) is 0 Å².